The lowest BCUT2D eigenvalue weighted by Crippen LogP contribution is -2.34. The van der Waals surface area contributed by atoms with Gasteiger partial charge < -0.3 is 15.6 Å². The first-order chi connectivity index (χ1) is 8.60. The number of aromatic nitrogens is 1. The third-order valence-electron chi connectivity index (χ3n) is 3.13. The smallest absolute Gasteiger partial charge is 0.240 e. The van der Waals surface area contributed by atoms with Crippen LogP contribution in [0.3, 0.4) is 0 Å². The molecule has 1 aromatic heterocycles. The van der Waals surface area contributed by atoms with E-state index in [0.717, 1.165) is 23.0 Å². The maximum atomic E-state index is 11.8. The Morgan fingerprint density at radius 3 is 2.94 bits per heavy atom. The highest BCUT2D eigenvalue weighted by molar-refractivity contribution is 5.85. The summed E-state index contributed by atoms with van der Waals surface area (Å²) in [6.45, 7) is 4.41. The molecule has 0 spiro atoms. The molecule has 1 heterocycles. The van der Waals surface area contributed by atoms with Gasteiger partial charge >= 0.3 is 0 Å². The average Bonchev–Trinajstić information content (AvgIpc) is 2.71. The zero-order valence-corrected chi connectivity index (χ0v) is 10.8. The van der Waals surface area contributed by atoms with E-state index in [0.29, 0.717) is 6.54 Å². The zero-order chi connectivity index (χ0) is 13.1. The number of nitrogens with one attached hydrogen (secondary N) is 1. The summed E-state index contributed by atoms with van der Waals surface area (Å²) >= 11 is 0. The molecule has 0 bridgehead atoms. The van der Waals surface area contributed by atoms with E-state index >= 15 is 0 Å². The summed E-state index contributed by atoms with van der Waals surface area (Å²) in [4.78, 5) is 11.8. The van der Waals surface area contributed by atoms with Gasteiger partial charge in [-0.15, -0.1) is 0 Å². The maximum absolute atomic E-state index is 11.8. The molecule has 0 aliphatic rings. The molecule has 0 saturated carbocycles. The zero-order valence-electron chi connectivity index (χ0n) is 10.8. The Morgan fingerprint density at radius 2 is 2.22 bits per heavy atom. The molecule has 0 aliphatic carbocycles. The molecule has 2 aromatic rings. The van der Waals surface area contributed by atoms with E-state index in [2.05, 4.69) is 12.2 Å². The van der Waals surface area contributed by atoms with Crippen LogP contribution in [-0.2, 0) is 11.3 Å². The predicted octanol–water partition coefficient (Wildman–Crippen LogP) is 2.14. The van der Waals surface area contributed by atoms with Crippen molar-refractivity contribution in [1.82, 2.24) is 9.88 Å². The van der Waals surface area contributed by atoms with Gasteiger partial charge in [-0.25, -0.2) is 0 Å². The van der Waals surface area contributed by atoms with Gasteiger partial charge in [-0.2, -0.15) is 0 Å². The molecule has 1 unspecified atom stereocenters. The summed E-state index contributed by atoms with van der Waals surface area (Å²) < 4.78 is 1.94. The standard InChI is InChI=1S/C14H19N3O/c1-3-10(2)16-14(18)9-17-7-6-11-8-12(15)4-5-13(11)17/h4-8,10H,3,9,15H2,1-2H3,(H,16,18). The van der Waals surface area contributed by atoms with Crippen LogP contribution in [0.5, 0.6) is 0 Å². The fraction of sp³-hybridized carbons (Fsp3) is 0.357. The van der Waals surface area contributed by atoms with Crippen LogP contribution in [0, 0.1) is 0 Å². The minimum absolute atomic E-state index is 0.0404. The van der Waals surface area contributed by atoms with Gasteiger partial charge in [-0.05, 0) is 37.6 Å². The highest BCUT2D eigenvalue weighted by atomic mass is 16.2. The van der Waals surface area contributed by atoms with Gasteiger partial charge in [0.2, 0.25) is 5.91 Å². The van der Waals surface area contributed by atoms with Crippen LogP contribution in [0.4, 0.5) is 5.69 Å². The fourth-order valence-corrected chi connectivity index (χ4v) is 1.93. The lowest BCUT2D eigenvalue weighted by molar-refractivity contribution is -0.122. The minimum Gasteiger partial charge on any atom is -0.399 e. The Hall–Kier alpha value is -1.97. The first kappa shape index (κ1) is 12.5. The van der Waals surface area contributed by atoms with Crippen molar-refractivity contribution in [2.75, 3.05) is 5.73 Å². The average molecular weight is 245 g/mol. The molecule has 4 heteroatoms. The molecular weight excluding hydrogens is 226 g/mol. The molecule has 1 atom stereocenters. The summed E-state index contributed by atoms with van der Waals surface area (Å²) in [5, 5.41) is 4.02. The van der Waals surface area contributed by atoms with E-state index in [-0.39, 0.29) is 11.9 Å². The molecule has 1 amide bonds. The van der Waals surface area contributed by atoms with Gasteiger partial charge in [-0.1, -0.05) is 6.92 Å². The Labute approximate surface area is 107 Å². The number of anilines is 1. The fourth-order valence-electron chi connectivity index (χ4n) is 1.93. The minimum atomic E-state index is 0.0404. The summed E-state index contributed by atoms with van der Waals surface area (Å²) in [7, 11) is 0. The molecule has 0 radical (unpaired) electrons. The second kappa shape index (κ2) is 5.12. The Kier molecular flexibility index (Phi) is 3.55. The maximum Gasteiger partial charge on any atom is 0.240 e. The number of amides is 1. The third kappa shape index (κ3) is 2.64. The van der Waals surface area contributed by atoms with Crippen LogP contribution in [0.25, 0.3) is 10.9 Å². The first-order valence-corrected chi connectivity index (χ1v) is 6.24. The Bertz CT molecular complexity index is 559. The van der Waals surface area contributed by atoms with Crippen molar-refractivity contribution >= 4 is 22.5 Å². The van der Waals surface area contributed by atoms with Gasteiger partial charge in [-0.3, -0.25) is 4.79 Å². The number of nitrogens with zero attached hydrogens (tertiary/aromatic N) is 1. The van der Waals surface area contributed by atoms with Gasteiger partial charge in [0.1, 0.15) is 6.54 Å². The third-order valence-corrected chi connectivity index (χ3v) is 3.13. The van der Waals surface area contributed by atoms with Gasteiger partial charge in [0, 0.05) is 28.8 Å². The number of nitrogen functional groups attached to an aromatic ring is 1. The molecule has 4 nitrogen and oxygen atoms in total. The summed E-state index contributed by atoms with van der Waals surface area (Å²) in [5.74, 6) is 0.0404. The highest BCUT2D eigenvalue weighted by Crippen LogP contribution is 2.18. The molecular formula is C14H19N3O. The van der Waals surface area contributed by atoms with Crippen molar-refractivity contribution < 1.29 is 4.79 Å². The van der Waals surface area contributed by atoms with Crippen molar-refractivity contribution in [3.05, 3.63) is 30.5 Å². The topological polar surface area (TPSA) is 60.0 Å². The Morgan fingerprint density at radius 1 is 1.44 bits per heavy atom. The van der Waals surface area contributed by atoms with Crippen molar-refractivity contribution in [3.63, 3.8) is 0 Å². The molecule has 1 aromatic carbocycles. The SMILES string of the molecule is CCC(C)NC(=O)Cn1ccc2cc(N)ccc21. The number of fused-ring (bicyclic) bond motifs is 1. The highest BCUT2D eigenvalue weighted by Gasteiger charge is 2.08. The lowest BCUT2D eigenvalue weighted by atomic mass is 10.2. The van der Waals surface area contributed by atoms with E-state index in [4.69, 9.17) is 5.73 Å². The van der Waals surface area contributed by atoms with Crippen LogP contribution in [0.15, 0.2) is 30.5 Å². The number of carbonyl (C=O) groups is 1. The van der Waals surface area contributed by atoms with E-state index in [1.165, 1.54) is 0 Å². The largest absolute Gasteiger partial charge is 0.399 e. The van der Waals surface area contributed by atoms with Gasteiger partial charge in [0.15, 0.2) is 0 Å². The molecule has 0 fully saturated rings. The van der Waals surface area contributed by atoms with Crippen molar-refractivity contribution in [2.24, 2.45) is 0 Å². The van der Waals surface area contributed by atoms with Crippen LogP contribution < -0.4 is 11.1 Å². The molecule has 18 heavy (non-hydrogen) atoms. The van der Waals surface area contributed by atoms with E-state index in [1.54, 1.807) is 0 Å². The van der Waals surface area contributed by atoms with Crippen molar-refractivity contribution in [1.29, 1.82) is 0 Å². The Balaban J connectivity index is 2.15. The van der Waals surface area contributed by atoms with Crippen LogP contribution in [-0.4, -0.2) is 16.5 Å². The van der Waals surface area contributed by atoms with Gasteiger partial charge in [0.05, 0.1) is 0 Å². The number of benzene rings is 1. The van der Waals surface area contributed by atoms with E-state index in [1.807, 2.05) is 42.0 Å². The predicted molar refractivity (Wildman–Crippen MR) is 74.2 cm³/mol. The molecule has 0 aliphatic heterocycles. The van der Waals surface area contributed by atoms with Crippen LogP contribution in [0.2, 0.25) is 0 Å². The summed E-state index contributed by atoms with van der Waals surface area (Å²) in [6, 6.07) is 7.91. The second-order valence-electron chi connectivity index (χ2n) is 4.64. The number of rotatable bonds is 4. The quantitative estimate of drug-likeness (QED) is 0.811. The molecule has 2 rings (SSSR count). The molecule has 96 valence electrons. The lowest BCUT2D eigenvalue weighted by Gasteiger charge is -2.12. The number of hydrogen-bond donors (Lipinski definition) is 2. The molecule has 3 N–H and O–H groups in total. The van der Waals surface area contributed by atoms with Crippen molar-refractivity contribution in [3.8, 4) is 0 Å². The first-order valence-electron chi connectivity index (χ1n) is 6.24. The van der Waals surface area contributed by atoms with Crippen LogP contribution in [0.1, 0.15) is 20.3 Å². The number of nitrogens with two attached hydrogens (primary N) is 1. The monoisotopic (exact) mass is 245 g/mol. The summed E-state index contributed by atoms with van der Waals surface area (Å²) in [5.41, 5.74) is 7.50. The normalized spacial score (nSPS) is 12.6. The number of carbonyl (C=O) groups excluding carboxylic acids is 1. The molecule has 0 saturated heterocycles. The van der Waals surface area contributed by atoms with Crippen molar-refractivity contribution in [2.45, 2.75) is 32.9 Å². The van der Waals surface area contributed by atoms with E-state index < -0.39 is 0 Å². The number of hydrogen-bond acceptors (Lipinski definition) is 2. The van der Waals surface area contributed by atoms with E-state index in [9.17, 15) is 4.79 Å². The van der Waals surface area contributed by atoms with Gasteiger partial charge in [0.25, 0.3) is 0 Å². The second-order valence-corrected chi connectivity index (χ2v) is 4.64. The summed E-state index contributed by atoms with van der Waals surface area (Å²) in [6.07, 6.45) is 2.86. The van der Waals surface area contributed by atoms with Crippen LogP contribution >= 0.6 is 0 Å².